The van der Waals surface area contributed by atoms with E-state index in [1.54, 1.807) is 0 Å². The van der Waals surface area contributed by atoms with Crippen LogP contribution in [0.15, 0.2) is 34.9 Å². The second kappa shape index (κ2) is 8.05. The van der Waals surface area contributed by atoms with Crippen LogP contribution in [0.3, 0.4) is 0 Å². The van der Waals surface area contributed by atoms with Gasteiger partial charge in [0.05, 0.1) is 15.4 Å². The highest BCUT2D eigenvalue weighted by atomic mass is 79.9. The van der Waals surface area contributed by atoms with E-state index in [4.69, 9.17) is 9.72 Å². The van der Waals surface area contributed by atoms with Crippen LogP contribution in [0.4, 0.5) is 0 Å². The number of benzene rings is 1. The predicted molar refractivity (Wildman–Crippen MR) is 117 cm³/mol. The summed E-state index contributed by atoms with van der Waals surface area (Å²) in [6.07, 6.45) is 4.46. The van der Waals surface area contributed by atoms with Crippen LogP contribution in [0.2, 0.25) is 0 Å². The van der Waals surface area contributed by atoms with Crippen LogP contribution >= 0.6 is 15.9 Å². The molecule has 0 saturated carbocycles. The van der Waals surface area contributed by atoms with Crippen LogP contribution in [0.5, 0.6) is 11.6 Å². The van der Waals surface area contributed by atoms with Crippen molar-refractivity contribution < 1.29 is 4.74 Å². The zero-order chi connectivity index (χ0) is 19.7. The van der Waals surface area contributed by atoms with Crippen LogP contribution in [-0.4, -0.2) is 9.55 Å². The Bertz CT molecular complexity index is 955. The molecular formula is C23H29BrN2O. The summed E-state index contributed by atoms with van der Waals surface area (Å²) in [5.41, 5.74) is 4.67. The highest BCUT2D eigenvalue weighted by Gasteiger charge is 2.18. The standard InChI is InChI=1S/C23H29BrN2O/c1-7-18(8-2)26-13-15(5)22-20(26)11-16(6)25-23(22)27-21-10-9-17(14(3)4)12-19(21)24/h9-14,18H,7-8H2,1-6H3. The number of hydrogen-bond donors (Lipinski definition) is 0. The number of ether oxygens (including phenoxy) is 1. The van der Waals surface area contributed by atoms with E-state index in [2.05, 4.69) is 79.5 Å². The van der Waals surface area contributed by atoms with Crippen LogP contribution in [0.25, 0.3) is 10.9 Å². The first kappa shape index (κ1) is 19.9. The van der Waals surface area contributed by atoms with E-state index in [1.165, 1.54) is 16.6 Å². The Morgan fingerprint density at radius 2 is 1.81 bits per heavy atom. The SMILES string of the molecule is CCC(CC)n1cc(C)c2c(Oc3ccc(C(C)C)cc3Br)nc(C)cc21. The van der Waals surface area contributed by atoms with Gasteiger partial charge < -0.3 is 9.30 Å². The molecule has 0 saturated heterocycles. The molecule has 0 unspecified atom stereocenters. The van der Waals surface area contributed by atoms with Crippen LogP contribution in [0.1, 0.15) is 69.3 Å². The van der Waals surface area contributed by atoms with Gasteiger partial charge in [-0.1, -0.05) is 33.8 Å². The second-order valence-corrected chi connectivity index (χ2v) is 8.45. The van der Waals surface area contributed by atoms with Gasteiger partial charge >= 0.3 is 0 Å². The summed E-state index contributed by atoms with van der Waals surface area (Å²) in [4.78, 5) is 4.72. The van der Waals surface area contributed by atoms with Crippen molar-refractivity contribution in [3.63, 3.8) is 0 Å². The lowest BCUT2D eigenvalue weighted by Crippen LogP contribution is -2.05. The van der Waals surface area contributed by atoms with E-state index < -0.39 is 0 Å². The number of aromatic nitrogens is 2. The van der Waals surface area contributed by atoms with Crippen molar-refractivity contribution in [2.45, 2.75) is 66.3 Å². The predicted octanol–water partition coefficient (Wildman–Crippen LogP) is 7.69. The number of halogens is 1. The zero-order valence-electron chi connectivity index (χ0n) is 17.1. The molecular weight excluding hydrogens is 400 g/mol. The average Bonchev–Trinajstić information content (AvgIpc) is 2.94. The van der Waals surface area contributed by atoms with Gasteiger partial charge in [-0.25, -0.2) is 4.98 Å². The Labute approximate surface area is 170 Å². The van der Waals surface area contributed by atoms with Gasteiger partial charge in [-0.05, 0) is 77.9 Å². The smallest absolute Gasteiger partial charge is 0.229 e. The summed E-state index contributed by atoms with van der Waals surface area (Å²) in [6.45, 7) is 13.0. The Balaban J connectivity index is 2.10. The van der Waals surface area contributed by atoms with Crippen LogP contribution in [0, 0.1) is 13.8 Å². The minimum Gasteiger partial charge on any atom is -0.437 e. The molecule has 2 aromatic heterocycles. The molecule has 0 fully saturated rings. The third-order valence-corrected chi connectivity index (χ3v) is 5.88. The quantitative estimate of drug-likeness (QED) is 0.402. The fourth-order valence-corrected chi connectivity index (χ4v) is 4.14. The number of nitrogens with zero attached hydrogens (tertiary/aromatic N) is 2. The van der Waals surface area contributed by atoms with E-state index in [9.17, 15) is 0 Å². The normalized spacial score (nSPS) is 11.7. The van der Waals surface area contributed by atoms with E-state index >= 15 is 0 Å². The molecule has 3 rings (SSSR count). The molecule has 0 radical (unpaired) electrons. The first-order valence-electron chi connectivity index (χ1n) is 9.81. The Hall–Kier alpha value is -1.81. The third kappa shape index (κ3) is 3.91. The van der Waals surface area contributed by atoms with Crippen molar-refractivity contribution in [3.05, 3.63) is 51.8 Å². The minimum atomic E-state index is 0.482. The largest absolute Gasteiger partial charge is 0.437 e. The molecule has 144 valence electrons. The van der Waals surface area contributed by atoms with Crippen molar-refractivity contribution in [2.75, 3.05) is 0 Å². The van der Waals surface area contributed by atoms with Crippen molar-refractivity contribution in [1.29, 1.82) is 0 Å². The Morgan fingerprint density at radius 3 is 2.41 bits per heavy atom. The van der Waals surface area contributed by atoms with Crippen molar-refractivity contribution in [1.82, 2.24) is 9.55 Å². The number of fused-ring (bicyclic) bond motifs is 1. The molecule has 0 spiro atoms. The van der Waals surface area contributed by atoms with E-state index in [0.717, 1.165) is 34.1 Å². The molecule has 1 aromatic carbocycles. The van der Waals surface area contributed by atoms with Crippen molar-refractivity contribution in [3.8, 4) is 11.6 Å². The first-order chi connectivity index (χ1) is 12.8. The van der Waals surface area contributed by atoms with Gasteiger partial charge in [0.15, 0.2) is 0 Å². The molecule has 0 bridgehead atoms. The van der Waals surface area contributed by atoms with Crippen molar-refractivity contribution >= 4 is 26.8 Å². The van der Waals surface area contributed by atoms with Gasteiger partial charge in [0.1, 0.15) is 5.75 Å². The highest BCUT2D eigenvalue weighted by Crippen LogP contribution is 2.38. The summed E-state index contributed by atoms with van der Waals surface area (Å²) >= 11 is 3.67. The average molecular weight is 429 g/mol. The molecule has 0 aliphatic rings. The monoisotopic (exact) mass is 428 g/mol. The van der Waals surface area contributed by atoms with E-state index in [0.29, 0.717) is 17.8 Å². The summed E-state index contributed by atoms with van der Waals surface area (Å²) in [6, 6.07) is 8.95. The fourth-order valence-electron chi connectivity index (χ4n) is 3.67. The Kier molecular flexibility index (Phi) is 5.95. The fraction of sp³-hybridized carbons (Fsp3) is 0.435. The molecule has 4 heteroatoms. The highest BCUT2D eigenvalue weighted by molar-refractivity contribution is 9.10. The second-order valence-electron chi connectivity index (χ2n) is 7.60. The topological polar surface area (TPSA) is 27.1 Å². The summed E-state index contributed by atoms with van der Waals surface area (Å²) in [5.74, 6) is 1.97. The van der Waals surface area contributed by atoms with E-state index in [1.807, 2.05) is 13.0 Å². The maximum atomic E-state index is 6.31. The maximum Gasteiger partial charge on any atom is 0.229 e. The summed E-state index contributed by atoms with van der Waals surface area (Å²) < 4.78 is 9.66. The Morgan fingerprint density at radius 1 is 1.11 bits per heavy atom. The number of pyridine rings is 1. The number of rotatable bonds is 6. The van der Waals surface area contributed by atoms with Gasteiger partial charge in [0.25, 0.3) is 0 Å². The molecule has 2 heterocycles. The van der Waals surface area contributed by atoms with Crippen LogP contribution in [-0.2, 0) is 0 Å². The molecule has 27 heavy (non-hydrogen) atoms. The molecule has 0 amide bonds. The minimum absolute atomic E-state index is 0.482. The summed E-state index contributed by atoms with van der Waals surface area (Å²) in [7, 11) is 0. The number of hydrogen-bond acceptors (Lipinski definition) is 2. The van der Waals surface area contributed by atoms with Crippen molar-refractivity contribution in [2.24, 2.45) is 0 Å². The van der Waals surface area contributed by atoms with Gasteiger partial charge in [0.2, 0.25) is 5.88 Å². The molecule has 0 aliphatic heterocycles. The third-order valence-electron chi connectivity index (χ3n) is 5.26. The van der Waals surface area contributed by atoms with Gasteiger partial charge in [-0.2, -0.15) is 0 Å². The lowest BCUT2D eigenvalue weighted by atomic mass is 10.0. The zero-order valence-corrected chi connectivity index (χ0v) is 18.7. The van der Waals surface area contributed by atoms with E-state index in [-0.39, 0.29) is 0 Å². The molecule has 3 nitrogen and oxygen atoms in total. The molecule has 0 N–H and O–H groups in total. The van der Waals surface area contributed by atoms with Crippen LogP contribution < -0.4 is 4.74 Å². The first-order valence-corrected chi connectivity index (χ1v) is 10.6. The summed E-state index contributed by atoms with van der Waals surface area (Å²) in [5, 5.41) is 1.10. The number of aryl methyl sites for hydroxylation is 2. The molecule has 0 atom stereocenters. The van der Waals surface area contributed by atoms with Gasteiger partial charge in [-0.15, -0.1) is 0 Å². The maximum absolute atomic E-state index is 6.31. The lowest BCUT2D eigenvalue weighted by Gasteiger charge is -2.17. The van der Waals surface area contributed by atoms with Gasteiger partial charge in [0, 0.05) is 17.9 Å². The molecule has 3 aromatic rings. The molecule has 0 aliphatic carbocycles. The lowest BCUT2D eigenvalue weighted by molar-refractivity contribution is 0.463. The van der Waals surface area contributed by atoms with Gasteiger partial charge in [-0.3, -0.25) is 0 Å².